The van der Waals surface area contributed by atoms with E-state index in [2.05, 4.69) is 26.1 Å². The Morgan fingerprint density at radius 3 is 2.32 bits per heavy atom. The molecule has 1 saturated heterocycles. The van der Waals surface area contributed by atoms with Crippen LogP contribution < -0.4 is 10.2 Å². The van der Waals surface area contributed by atoms with Crippen molar-refractivity contribution in [3.63, 3.8) is 0 Å². The second-order valence-corrected chi connectivity index (χ2v) is 7.03. The molecule has 5 nitrogen and oxygen atoms in total. The third-order valence-corrected chi connectivity index (χ3v) is 5.01. The van der Waals surface area contributed by atoms with E-state index in [9.17, 15) is 9.90 Å². The highest BCUT2D eigenvalue weighted by Crippen LogP contribution is 2.27. The molecule has 7 heteroatoms. The first kappa shape index (κ1) is 17.7. The molecule has 0 aliphatic carbocycles. The number of hydrogen-bond donors (Lipinski definition) is 2. The Balaban J connectivity index is 1.55. The Bertz CT molecular complexity index is 774. The van der Waals surface area contributed by atoms with Crippen LogP contribution in [0, 0.1) is 0 Å². The van der Waals surface area contributed by atoms with E-state index in [4.69, 9.17) is 12.2 Å². The van der Waals surface area contributed by atoms with Gasteiger partial charge in [-0.25, -0.2) is 0 Å². The maximum atomic E-state index is 12.3. The number of piperazine rings is 1. The highest BCUT2D eigenvalue weighted by molar-refractivity contribution is 9.10. The van der Waals surface area contributed by atoms with Crippen LogP contribution in [0.5, 0.6) is 5.75 Å². The summed E-state index contributed by atoms with van der Waals surface area (Å²) in [7, 11) is 0. The maximum Gasteiger partial charge on any atom is 0.257 e. The Labute approximate surface area is 160 Å². The van der Waals surface area contributed by atoms with Gasteiger partial charge in [0, 0.05) is 36.2 Å². The van der Waals surface area contributed by atoms with Gasteiger partial charge >= 0.3 is 0 Å². The van der Waals surface area contributed by atoms with Gasteiger partial charge in [-0.1, -0.05) is 28.1 Å². The average molecular weight is 420 g/mol. The Kier molecular flexibility index (Phi) is 5.55. The van der Waals surface area contributed by atoms with E-state index in [1.165, 1.54) is 0 Å². The van der Waals surface area contributed by atoms with Crippen molar-refractivity contribution in [3.8, 4) is 5.75 Å². The molecule has 1 aliphatic heterocycles. The second-order valence-electron chi connectivity index (χ2n) is 5.73. The smallest absolute Gasteiger partial charge is 0.257 e. The molecule has 130 valence electrons. The molecule has 2 aromatic carbocycles. The number of thiocarbonyl (C=S) groups is 1. The minimum Gasteiger partial charge on any atom is -0.506 e. The molecule has 0 saturated carbocycles. The SMILES string of the molecule is O=C(NC(=S)N1CCN(c2ccccc2O)CC1)c1ccc(Br)cc1. The van der Waals surface area contributed by atoms with Crippen molar-refractivity contribution in [3.05, 3.63) is 58.6 Å². The van der Waals surface area contributed by atoms with E-state index >= 15 is 0 Å². The predicted molar refractivity (Wildman–Crippen MR) is 106 cm³/mol. The van der Waals surface area contributed by atoms with Gasteiger partial charge in [-0.3, -0.25) is 10.1 Å². The summed E-state index contributed by atoms with van der Waals surface area (Å²) in [6.07, 6.45) is 0. The highest BCUT2D eigenvalue weighted by Gasteiger charge is 2.21. The fraction of sp³-hybridized carbons (Fsp3) is 0.222. The second kappa shape index (κ2) is 7.84. The van der Waals surface area contributed by atoms with Gasteiger partial charge in [-0.2, -0.15) is 0 Å². The number of carbonyl (C=O) groups is 1. The maximum absolute atomic E-state index is 12.3. The van der Waals surface area contributed by atoms with Gasteiger partial charge in [0.2, 0.25) is 0 Å². The number of carbonyl (C=O) groups excluding carboxylic acids is 1. The summed E-state index contributed by atoms with van der Waals surface area (Å²) in [6.45, 7) is 2.83. The normalized spacial score (nSPS) is 14.3. The first-order chi connectivity index (χ1) is 12.0. The van der Waals surface area contributed by atoms with Gasteiger partial charge < -0.3 is 14.9 Å². The van der Waals surface area contributed by atoms with Crippen LogP contribution in [0.1, 0.15) is 10.4 Å². The number of phenolic OH excluding ortho intramolecular Hbond substituents is 1. The van der Waals surface area contributed by atoms with Crippen LogP contribution in [0.4, 0.5) is 5.69 Å². The summed E-state index contributed by atoms with van der Waals surface area (Å²) in [5.74, 6) is 0.0719. The van der Waals surface area contributed by atoms with Crippen LogP contribution in [0.2, 0.25) is 0 Å². The first-order valence-electron chi connectivity index (χ1n) is 7.93. The van der Waals surface area contributed by atoms with Crippen molar-refractivity contribution in [2.45, 2.75) is 0 Å². The van der Waals surface area contributed by atoms with Crippen LogP contribution in [0.3, 0.4) is 0 Å². The van der Waals surface area contributed by atoms with Crippen LogP contribution in [-0.2, 0) is 0 Å². The molecule has 0 bridgehead atoms. The fourth-order valence-electron chi connectivity index (χ4n) is 2.73. The molecule has 1 fully saturated rings. The van der Waals surface area contributed by atoms with Crippen molar-refractivity contribution in [2.75, 3.05) is 31.1 Å². The largest absolute Gasteiger partial charge is 0.506 e. The van der Waals surface area contributed by atoms with Crippen molar-refractivity contribution >= 4 is 44.9 Å². The molecule has 0 radical (unpaired) electrons. The molecule has 0 atom stereocenters. The van der Waals surface area contributed by atoms with Crippen LogP contribution in [-0.4, -0.2) is 47.2 Å². The number of nitrogens with one attached hydrogen (secondary N) is 1. The summed E-state index contributed by atoms with van der Waals surface area (Å²) in [5, 5.41) is 13.2. The van der Waals surface area contributed by atoms with Gasteiger partial charge in [0.1, 0.15) is 5.75 Å². The molecular formula is C18H18BrN3O2S. The van der Waals surface area contributed by atoms with E-state index in [0.29, 0.717) is 23.8 Å². The van der Waals surface area contributed by atoms with Crippen LogP contribution >= 0.6 is 28.1 Å². The molecule has 1 amide bonds. The number of hydrogen-bond acceptors (Lipinski definition) is 4. The third-order valence-electron chi connectivity index (χ3n) is 4.12. The van der Waals surface area contributed by atoms with Gasteiger partial charge in [0.25, 0.3) is 5.91 Å². The predicted octanol–water partition coefficient (Wildman–Crippen LogP) is 2.99. The Morgan fingerprint density at radius 1 is 1.04 bits per heavy atom. The number of para-hydroxylation sites is 2. The number of anilines is 1. The fourth-order valence-corrected chi connectivity index (χ4v) is 3.27. The third kappa shape index (κ3) is 4.29. The molecular weight excluding hydrogens is 402 g/mol. The number of phenols is 1. The van der Waals surface area contributed by atoms with Crippen molar-refractivity contribution < 1.29 is 9.90 Å². The number of amides is 1. The lowest BCUT2D eigenvalue weighted by atomic mass is 10.2. The van der Waals surface area contributed by atoms with Gasteiger partial charge in [0.15, 0.2) is 5.11 Å². The zero-order valence-electron chi connectivity index (χ0n) is 13.5. The molecule has 0 aromatic heterocycles. The van der Waals surface area contributed by atoms with E-state index < -0.39 is 0 Å². The minimum absolute atomic E-state index is 0.208. The average Bonchev–Trinajstić information content (AvgIpc) is 2.63. The quantitative estimate of drug-likeness (QED) is 0.732. The Morgan fingerprint density at radius 2 is 1.68 bits per heavy atom. The summed E-state index contributed by atoms with van der Waals surface area (Å²) >= 11 is 8.72. The van der Waals surface area contributed by atoms with Crippen LogP contribution in [0.25, 0.3) is 0 Å². The monoisotopic (exact) mass is 419 g/mol. The summed E-state index contributed by atoms with van der Waals surface area (Å²) in [4.78, 5) is 16.3. The number of rotatable bonds is 2. The molecule has 2 aromatic rings. The van der Waals surface area contributed by atoms with E-state index in [-0.39, 0.29) is 11.7 Å². The summed E-state index contributed by atoms with van der Waals surface area (Å²) < 4.78 is 0.923. The van der Waals surface area contributed by atoms with E-state index in [1.807, 2.05) is 35.2 Å². The molecule has 2 N–H and O–H groups in total. The van der Waals surface area contributed by atoms with Crippen molar-refractivity contribution in [1.29, 1.82) is 0 Å². The number of nitrogens with zero attached hydrogens (tertiary/aromatic N) is 2. The molecule has 0 unspecified atom stereocenters. The van der Waals surface area contributed by atoms with Gasteiger partial charge in [-0.15, -0.1) is 0 Å². The summed E-state index contributed by atoms with van der Waals surface area (Å²) in [5.41, 5.74) is 1.39. The zero-order valence-corrected chi connectivity index (χ0v) is 15.9. The van der Waals surface area contributed by atoms with Gasteiger partial charge in [0.05, 0.1) is 5.69 Å². The van der Waals surface area contributed by atoms with Crippen LogP contribution in [0.15, 0.2) is 53.0 Å². The van der Waals surface area contributed by atoms with Crippen molar-refractivity contribution in [2.24, 2.45) is 0 Å². The Hall–Kier alpha value is -2.12. The highest BCUT2D eigenvalue weighted by atomic mass is 79.9. The standard InChI is InChI=1S/C18H18BrN3O2S/c19-14-7-5-13(6-8-14)17(24)20-18(25)22-11-9-21(10-12-22)15-3-1-2-4-16(15)23/h1-8,23H,9-12H2,(H,20,24,25). The molecule has 1 aliphatic rings. The first-order valence-corrected chi connectivity index (χ1v) is 9.13. The molecule has 0 spiro atoms. The molecule has 3 rings (SSSR count). The van der Waals surface area contributed by atoms with E-state index in [1.54, 1.807) is 18.2 Å². The lowest BCUT2D eigenvalue weighted by Gasteiger charge is -2.37. The van der Waals surface area contributed by atoms with Crippen molar-refractivity contribution in [1.82, 2.24) is 10.2 Å². The zero-order chi connectivity index (χ0) is 17.8. The summed E-state index contributed by atoms with van der Waals surface area (Å²) in [6, 6.07) is 14.4. The lowest BCUT2D eigenvalue weighted by molar-refractivity contribution is 0.0973. The number of aromatic hydroxyl groups is 1. The lowest BCUT2D eigenvalue weighted by Crippen LogP contribution is -2.52. The molecule has 1 heterocycles. The minimum atomic E-state index is -0.208. The topological polar surface area (TPSA) is 55.8 Å². The number of benzene rings is 2. The van der Waals surface area contributed by atoms with E-state index in [0.717, 1.165) is 23.2 Å². The molecule has 25 heavy (non-hydrogen) atoms. The number of halogens is 1. The van der Waals surface area contributed by atoms with Gasteiger partial charge in [-0.05, 0) is 48.6 Å².